The van der Waals surface area contributed by atoms with Crippen LogP contribution in [0.5, 0.6) is 0 Å². The smallest absolute Gasteiger partial charge is 0.242 e. The van der Waals surface area contributed by atoms with Gasteiger partial charge >= 0.3 is 0 Å². The third-order valence-electron chi connectivity index (χ3n) is 4.86. The lowest BCUT2D eigenvalue weighted by molar-refractivity contribution is -0.122. The number of benzene rings is 1. The molecule has 2 aromatic rings. The van der Waals surface area contributed by atoms with Gasteiger partial charge in [0.05, 0.1) is 0 Å². The fraction of sp³-hybridized carbons (Fsp3) is 0.550. The first-order chi connectivity index (χ1) is 13.2. The summed E-state index contributed by atoms with van der Waals surface area (Å²) in [6.45, 7) is 3.76. The molecule has 5 nitrogen and oxygen atoms in total. The number of hydrogen-bond donors (Lipinski definition) is 1. The zero-order valence-corrected chi connectivity index (χ0v) is 16.6. The third kappa shape index (κ3) is 5.48. The number of rotatable bonds is 9. The number of unbranched alkanes of at least 4 members (excludes halogenated alkanes) is 3. The number of carbonyl (C=O) groups excluding carboxylic acids is 1. The summed E-state index contributed by atoms with van der Waals surface area (Å²) >= 11 is 1.34. The number of anilines is 1. The second-order valence-corrected chi connectivity index (χ2v) is 7.73. The lowest BCUT2D eigenvalue weighted by Gasteiger charge is -2.22. The molecule has 3 rings (SSSR count). The van der Waals surface area contributed by atoms with Crippen LogP contribution in [0.1, 0.15) is 56.8 Å². The van der Waals surface area contributed by atoms with Gasteiger partial charge in [0.2, 0.25) is 11.0 Å². The molecular formula is C20H27FN4OS. The van der Waals surface area contributed by atoms with Gasteiger partial charge < -0.3 is 10.2 Å². The summed E-state index contributed by atoms with van der Waals surface area (Å²) < 4.78 is 17.5. The molecule has 1 N–H and O–H groups in total. The number of halogens is 1. The molecule has 1 amide bonds. The van der Waals surface area contributed by atoms with Gasteiger partial charge in [0.25, 0.3) is 0 Å². The van der Waals surface area contributed by atoms with Gasteiger partial charge in [0.1, 0.15) is 17.7 Å². The van der Waals surface area contributed by atoms with Gasteiger partial charge in [-0.2, -0.15) is 4.37 Å². The van der Waals surface area contributed by atoms with Gasteiger partial charge in [-0.1, -0.05) is 38.3 Å². The maximum Gasteiger partial charge on any atom is 0.242 e. The van der Waals surface area contributed by atoms with E-state index in [1.54, 1.807) is 12.1 Å². The second-order valence-electron chi connectivity index (χ2n) is 7.00. The lowest BCUT2D eigenvalue weighted by atomic mass is 10.1. The molecule has 7 heteroatoms. The van der Waals surface area contributed by atoms with E-state index in [4.69, 9.17) is 0 Å². The molecule has 1 aliphatic rings. The Morgan fingerprint density at radius 1 is 1.30 bits per heavy atom. The van der Waals surface area contributed by atoms with Crippen LogP contribution in [0.2, 0.25) is 0 Å². The van der Waals surface area contributed by atoms with Crippen LogP contribution in [0, 0.1) is 5.82 Å². The largest absolute Gasteiger partial charge is 0.354 e. The van der Waals surface area contributed by atoms with Gasteiger partial charge in [-0.3, -0.25) is 4.79 Å². The van der Waals surface area contributed by atoms with Crippen molar-refractivity contribution in [2.75, 3.05) is 18.0 Å². The van der Waals surface area contributed by atoms with Gasteiger partial charge in [-0.25, -0.2) is 9.37 Å². The summed E-state index contributed by atoms with van der Waals surface area (Å²) in [5, 5.41) is 3.88. The van der Waals surface area contributed by atoms with E-state index in [0.29, 0.717) is 12.2 Å². The van der Waals surface area contributed by atoms with Crippen molar-refractivity contribution in [3.63, 3.8) is 0 Å². The van der Waals surface area contributed by atoms with Crippen molar-refractivity contribution < 1.29 is 9.18 Å². The van der Waals surface area contributed by atoms with Gasteiger partial charge in [-0.05, 0) is 37.0 Å². The summed E-state index contributed by atoms with van der Waals surface area (Å²) in [6, 6.07) is 6.25. The van der Waals surface area contributed by atoms with Crippen LogP contribution in [0.15, 0.2) is 24.3 Å². The number of carbonyl (C=O) groups is 1. The molecule has 1 fully saturated rings. The van der Waals surface area contributed by atoms with Crippen molar-refractivity contribution in [2.24, 2.45) is 0 Å². The first-order valence-electron chi connectivity index (χ1n) is 9.78. The Balaban J connectivity index is 1.56. The highest BCUT2D eigenvalue weighted by Gasteiger charge is 2.32. The van der Waals surface area contributed by atoms with E-state index in [9.17, 15) is 9.18 Å². The zero-order valence-electron chi connectivity index (χ0n) is 15.8. The van der Waals surface area contributed by atoms with Crippen LogP contribution < -0.4 is 10.2 Å². The monoisotopic (exact) mass is 390 g/mol. The zero-order chi connectivity index (χ0) is 19.1. The Morgan fingerprint density at radius 3 is 2.89 bits per heavy atom. The summed E-state index contributed by atoms with van der Waals surface area (Å²) in [5.41, 5.74) is 0.976. The molecule has 0 unspecified atom stereocenters. The quantitative estimate of drug-likeness (QED) is 0.659. The number of hydrogen-bond acceptors (Lipinski definition) is 5. The van der Waals surface area contributed by atoms with E-state index in [-0.39, 0.29) is 17.8 Å². The third-order valence-corrected chi connectivity index (χ3v) is 5.65. The van der Waals surface area contributed by atoms with E-state index >= 15 is 0 Å². The van der Waals surface area contributed by atoms with Gasteiger partial charge in [-0.15, -0.1) is 0 Å². The molecule has 146 valence electrons. The molecule has 0 aliphatic carbocycles. The highest BCUT2D eigenvalue weighted by molar-refractivity contribution is 7.09. The lowest BCUT2D eigenvalue weighted by Crippen LogP contribution is -2.43. The van der Waals surface area contributed by atoms with Crippen LogP contribution in [0.4, 0.5) is 9.52 Å². The SMILES string of the molecule is CCCCCCNC(=O)[C@H]1CCCN1c1nc(Cc2ccc(F)cc2)ns1. The molecule has 2 heterocycles. The highest BCUT2D eigenvalue weighted by atomic mass is 32.1. The van der Waals surface area contributed by atoms with E-state index in [0.717, 1.165) is 49.5 Å². The minimum Gasteiger partial charge on any atom is -0.354 e. The molecule has 1 aliphatic heterocycles. The van der Waals surface area contributed by atoms with Crippen LogP contribution in [0.25, 0.3) is 0 Å². The number of nitrogens with one attached hydrogen (secondary N) is 1. The van der Waals surface area contributed by atoms with Crippen LogP contribution in [-0.4, -0.2) is 34.4 Å². The van der Waals surface area contributed by atoms with Crippen molar-refractivity contribution in [2.45, 2.75) is 57.9 Å². The standard InChI is InChI=1S/C20H27FN4OS/c1-2-3-4-5-12-22-19(26)17-7-6-13-25(17)20-23-18(24-27-20)14-15-8-10-16(21)11-9-15/h8-11,17H,2-7,12-14H2,1H3,(H,22,26)/t17-/m1/s1. The predicted molar refractivity (Wildman–Crippen MR) is 107 cm³/mol. The van der Waals surface area contributed by atoms with Crippen LogP contribution in [-0.2, 0) is 11.2 Å². The average molecular weight is 391 g/mol. The molecule has 1 aromatic carbocycles. The van der Waals surface area contributed by atoms with Gasteiger partial charge in [0, 0.05) is 31.0 Å². The highest BCUT2D eigenvalue weighted by Crippen LogP contribution is 2.27. The number of nitrogens with zero attached hydrogens (tertiary/aromatic N) is 3. The van der Waals surface area contributed by atoms with Crippen molar-refractivity contribution in [1.29, 1.82) is 0 Å². The van der Waals surface area contributed by atoms with E-state index in [2.05, 4.69) is 26.5 Å². The molecule has 0 radical (unpaired) electrons. The van der Waals surface area contributed by atoms with Crippen molar-refractivity contribution in [3.8, 4) is 0 Å². The molecule has 0 bridgehead atoms. The minimum atomic E-state index is -0.244. The Morgan fingerprint density at radius 2 is 2.11 bits per heavy atom. The Bertz CT molecular complexity index is 734. The van der Waals surface area contributed by atoms with E-state index < -0.39 is 0 Å². The molecule has 1 aromatic heterocycles. The van der Waals surface area contributed by atoms with Crippen molar-refractivity contribution in [3.05, 3.63) is 41.5 Å². The Kier molecular flexibility index (Phi) is 7.15. The van der Waals surface area contributed by atoms with Crippen molar-refractivity contribution in [1.82, 2.24) is 14.7 Å². The fourth-order valence-corrected chi connectivity index (χ4v) is 4.13. The molecule has 0 spiro atoms. The maximum absolute atomic E-state index is 13.0. The molecule has 1 saturated heterocycles. The number of amides is 1. The minimum absolute atomic E-state index is 0.0966. The van der Waals surface area contributed by atoms with E-state index in [1.807, 2.05) is 0 Å². The first kappa shape index (κ1) is 19.7. The molecule has 1 atom stereocenters. The topological polar surface area (TPSA) is 58.1 Å². The summed E-state index contributed by atoms with van der Waals surface area (Å²) in [7, 11) is 0. The summed E-state index contributed by atoms with van der Waals surface area (Å²) in [5.74, 6) is 0.567. The second kappa shape index (κ2) is 9.78. The molecular weight excluding hydrogens is 363 g/mol. The Labute approximate surface area is 164 Å². The summed E-state index contributed by atoms with van der Waals surface area (Å²) in [4.78, 5) is 19.3. The molecule has 0 saturated carbocycles. The predicted octanol–water partition coefficient (Wildman–Crippen LogP) is 3.93. The Hall–Kier alpha value is -2.02. The maximum atomic E-state index is 13.0. The number of aromatic nitrogens is 2. The van der Waals surface area contributed by atoms with Crippen molar-refractivity contribution >= 4 is 22.6 Å². The van der Waals surface area contributed by atoms with Gasteiger partial charge in [0.15, 0.2) is 0 Å². The van der Waals surface area contributed by atoms with Crippen LogP contribution in [0.3, 0.4) is 0 Å². The molecule has 27 heavy (non-hydrogen) atoms. The summed E-state index contributed by atoms with van der Waals surface area (Å²) in [6.07, 6.45) is 7.02. The van der Waals surface area contributed by atoms with Crippen LogP contribution >= 0.6 is 11.5 Å². The first-order valence-corrected chi connectivity index (χ1v) is 10.6. The van der Waals surface area contributed by atoms with E-state index in [1.165, 1.54) is 36.5 Å². The fourth-order valence-electron chi connectivity index (χ4n) is 3.37. The average Bonchev–Trinajstić information content (AvgIpc) is 3.32. The normalized spacial score (nSPS) is 16.7.